The number of rotatable bonds is 5. The zero-order chi connectivity index (χ0) is 21.1. The lowest BCUT2D eigenvalue weighted by Crippen LogP contribution is -2.22. The Bertz CT molecular complexity index is 1150. The lowest BCUT2D eigenvalue weighted by Gasteiger charge is -2.14. The van der Waals surface area contributed by atoms with Crippen LogP contribution in [0.15, 0.2) is 51.7 Å². The highest BCUT2D eigenvalue weighted by molar-refractivity contribution is 5.99. The summed E-state index contributed by atoms with van der Waals surface area (Å²) in [5.74, 6) is -0.0999. The molecule has 0 radical (unpaired) electrons. The second-order valence-corrected chi connectivity index (χ2v) is 6.93. The van der Waals surface area contributed by atoms with E-state index in [1.165, 1.54) is 18.1 Å². The summed E-state index contributed by atoms with van der Waals surface area (Å²) in [4.78, 5) is 38.2. The fourth-order valence-corrected chi connectivity index (χ4v) is 3.05. The van der Waals surface area contributed by atoms with E-state index in [1.54, 1.807) is 38.4 Å². The van der Waals surface area contributed by atoms with Gasteiger partial charge in [0, 0.05) is 31.1 Å². The van der Waals surface area contributed by atoms with Crippen molar-refractivity contribution in [3.8, 4) is 5.75 Å². The molecule has 0 saturated heterocycles. The van der Waals surface area contributed by atoms with Crippen LogP contribution in [0.3, 0.4) is 0 Å². The molecule has 0 aliphatic heterocycles. The molecule has 2 aromatic carbocycles. The third-order valence-corrected chi connectivity index (χ3v) is 4.46. The van der Waals surface area contributed by atoms with Crippen molar-refractivity contribution in [2.75, 3.05) is 26.5 Å². The molecule has 3 aromatic rings. The predicted octanol–water partition coefficient (Wildman–Crippen LogP) is 2.99. The zero-order valence-electron chi connectivity index (χ0n) is 16.7. The number of carbonyl (C=O) groups is 2. The van der Waals surface area contributed by atoms with Gasteiger partial charge in [0.1, 0.15) is 11.3 Å². The van der Waals surface area contributed by atoms with E-state index in [1.807, 2.05) is 19.1 Å². The van der Waals surface area contributed by atoms with Crippen molar-refractivity contribution in [1.82, 2.24) is 4.90 Å². The number of carbonyl (C=O) groups excluding carboxylic acids is 2. The van der Waals surface area contributed by atoms with Crippen LogP contribution in [0.4, 0.5) is 5.69 Å². The molecule has 0 unspecified atom stereocenters. The van der Waals surface area contributed by atoms with Gasteiger partial charge in [-0.3, -0.25) is 9.59 Å². The quantitative estimate of drug-likeness (QED) is 0.672. The number of hydrogen-bond acceptors (Lipinski definition) is 5. The van der Waals surface area contributed by atoms with Gasteiger partial charge in [-0.2, -0.15) is 0 Å². The van der Waals surface area contributed by atoms with E-state index in [9.17, 15) is 14.4 Å². The second-order valence-electron chi connectivity index (χ2n) is 6.93. The van der Waals surface area contributed by atoms with Crippen molar-refractivity contribution in [3.05, 3.63) is 69.6 Å². The number of hydrogen-bond donors (Lipinski definition) is 1. The number of nitrogens with zero attached hydrogens (tertiary/aromatic N) is 1. The van der Waals surface area contributed by atoms with Crippen molar-refractivity contribution < 1.29 is 18.7 Å². The van der Waals surface area contributed by atoms with E-state index >= 15 is 0 Å². The van der Waals surface area contributed by atoms with Crippen LogP contribution in [0.5, 0.6) is 5.75 Å². The summed E-state index contributed by atoms with van der Waals surface area (Å²) in [6.07, 6.45) is -0.0276. The van der Waals surface area contributed by atoms with Crippen LogP contribution in [-0.4, -0.2) is 37.9 Å². The van der Waals surface area contributed by atoms with Gasteiger partial charge in [-0.05, 0) is 42.3 Å². The van der Waals surface area contributed by atoms with E-state index in [4.69, 9.17) is 9.15 Å². The monoisotopic (exact) mass is 394 g/mol. The van der Waals surface area contributed by atoms with Gasteiger partial charge in [-0.15, -0.1) is 0 Å². The molecule has 0 fully saturated rings. The second kappa shape index (κ2) is 8.18. The highest BCUT2D eigenvalue weighted by Gasteiger charge is 2.15. The Hall–Kier alpha value is -3.61. The average molecular weight is 394 g/mol. The Labute approximate surface area is 167 Å². The van der Waals surface area contributed by atoms with E-state index in [2.05, 4.69) is 5.32 Å². The molecule has 0 aliphatic carbocycles. The summed E-state index contributed by atoms with van der Waals surface area (Å²) < 4.78 is 10.5. The lowest BCUT2D eigenvalue weighted by molar-refractivity contribution is -0.115. The van der Waals surface area contributed by atoms with Crippen molar-refractivity contribution in [3.63, 3.8) is 0 Å². The minimum Gasteiger partial charge on any atom is -0.495 e. The molecule has 0 aliphatic rings. The Balaban J connectivity index is 1.90. The maximum absolute atomic E-state index is 12.7. The molecule has 0 saturated carbocycles. The molecule has 7 nitrogen and oxygen atoms in total. The van der Waals surface area contributed by atoms with E-state index in [-0.39, 0.29) is 18.2 Å². The molecule has 1 N–H and O–H groups in total. The molecule has 1 heterocycles. The Morgan fingerprint density at radius 2 is 1.86 bits per heavy atom. The number of ether oxygens (including phenoxy) is 1. The fraction of sp³-hybridized carbons (Fsp3) is 0.227. The Morgan fingerprint density at radius 3 is 2.55 bits per heavy atom. The molecule has 29 heavy (non-hydrogen) atoms. The van der Waals surface area contributed by atoms with Gasteiger partial charge in [0.15, 0.2) is 0 Å². The predicted molar refractivity (Wildman–Crippen MR) is 111 cm³/mol. The SMILES string of the molecule is COc1ccc(C(=O)N(C)C)cc1NC(=O)Cc1cc(=O)oc2cc(C)ccc12. The summed E-state index contributed by atoms with van der Waals surface area (Å²) in [6, 6.07) is 11.6. The molecule has 3 rings (SSSR count). The summed E-state index contributed by atoms with van der Waals surface area (Å²) >= 11 is 0. The van der Waals surface area contributed by atoms with Gasteiger partial charge in [0.05, 0.1) is 19.2 Å². The van der Waals surface area contributed by atoms with Gasteiger partial charge >= 0.3 is 5.63 Å². The summed E-state index contributed by atoms with van der Waals surface area (Å²) in [5, 5.41) is 3.47. The molecular weight excluding hydrogens is 372 g/mol. The Morgan fingerprint density at radius 1 is 1.10 bits per heavy atom. The number of fused-ring (bicyclic) bond motifs is 1. The maximum Gasteiger partial charge on any atom is 0.336 e. The van der Waals surface area contributed by atoms with Crippen molar-refractivity contribution in [1.29, 1.82) is 0 Å². The van der Waals surface area contributed by atoms with E-state index in [0.717, 1.165) is 5.56 Å². The fourth-order valence-electron chi connectivity index (χ4n) is 3.05. The minimum absolute atomic E-state index is 0.0276. The third-order valence-electron chi connectivity index (χ3n) is 4.46. The zero-order valence-corrected chi connectivity index (χ0v) is 16.7. The molecule has 7 heteroatoms. The van der Waals surface area contributed by atoms with Gasteiger partial charge in [-0.25, -0.2) is 4.79 Å². The molecule has 0 atom stereocenters. The lowest BCUT2D eigenvalue weighted by atomic mass is 10.1. The number of aryl methyl sites for hydroxylation is 1. The smallest absolute Gasteiger partial charge is 0.336 e. The van der Waals surface area contributed by atoms with Crippen LogP contribution in [-0.2, 0) is 11.2 Å². The molecule has 0 bridgehead atoms. The van der Waals surface area contributed by atoms with Crippen molar-refractivity contribution in [2.24, 2.45) is 0 Å². The average Bonchev–Trinajstić information content (AvgIpc) is 2.66. The topological polar surface area (TPSA) is 88.9 Å². The Kier molecular flexibility index (Phi) is 5.68. The normalized spacial score (nSPS) is 10.6. The number of nitrogens with one attached hydrogen (secondary N) is 1. The highest BCUT2D eigenvalue weighted by Crippen LogP contribution is 2.27. The van der Waals surface area contributed by atoms with Crippen molar-refractivity contribution >= 4 is 28.5 Å². The number of methoxy groups -OCH3 is 1. The maximum atomic E-state index is 12.7. The van der Waals surface area contributed by atoms with Gasteiger partial charge in [-0.1, -0.05) is 12.1 Å². The first-order chi connectivity index (χ1) is 13.8. The molecular formula is C22H22N2O5. The summed E-state index contributed by atoms with van der Waals surface area (Å²) in [6.45, 7) is 1.90. The summed E-state index contributed by atoms with van der Waals surface area (Å²) in [7, 11) is 4.79. The van der Waals surface area contributed by atoms with Crippen LogP contribution >= 0.6 is 0 Å². The van der Waals surface area contributed by atoms with Crippen LogP contribution in [0, 0.1) is 6.92 Å². The first kappa shape index (κ1) is 20.1. The number of amides is 2. The van der Waals surface area contributed by atoms with Crippen LogP contribution in [0.2, 0.25) is 0 Å². The van der Waals surface area contributed by atoms with Gasteiger partial charge in [0.25, 0.3) is 5.91 Å². The first-order valence-corrected chi connectivity index (χ1v) is 9.01. The molecule has 1 aromatic heterocycles. The third kappa shape index (κ3) is 4.45. The van der Waals surface area contributed by atoms with Crippen LogP contribution in [0.25, 0.3) is 11.0 Å². The molecule has 0 spiro atoms. The standard InChI is InChI=1S/C22H22N2O5/c1-13-5-7-16-15(12-21(26)29-19(16)9-13)11-20(25)23-17-10-14(22(27)24(2)3)6-8-18(17)28-4/h5-10,12H,11H2,1-4H3,(H,23,25). The highest BCUT2D eigenvalue weighted by atomic mass is 16.5. The van der Waals surface area contributed by atoms with Crippen LogP contribution < -0.4 is 15.7 Å². The molecule has 2 amide bonds. The number of benzene rings is 2. The number of anilines is 1. The largest absolute Gasteiger partial charge is 0.495 e. The van der Waals surface area contributed by atoms with Crippen LogP contribution in [0.1, 0.15) is 21.5 Å². The van der Waals surface area contributed by atoms with Gasteiger partial charge in [0.2, 0.25) is 5.91 Å². The summed E-state index contributed by atoms with van der Waals surface area (Å²) in [5.41, 5.74) is 2.25. The van der Waals surface area contributed by atoms with E-state index < -0.39 is 5.63 Å². The van der Waals surface area contributed by atoms with E-state index in [0.29, 0.717) is 33.5 Å². The molecule has 150 valence electrons. The van der Waals surface area contributed by atoms with Gasteiger partial charge < -0.3 is 19.4 Å². The van der Waals surface area contributed by atoms with Crippen molar-refractivity contribution in [2.45, 2.75) is 13.3 Å². The first-order valence-electron chi connectivity index (χ1n) is 9.01. The minimum atomic E-state index is -0.512.